The molecule has 1 aliphatic heterocycles. The summed E-state index contributed by atoms with van der Waals surface area (Å²) in [6.45, 7) is 5.70. The minimum atomic E-state index is -2.77. The summed E-state index contributed by atoms with van der Waals surface area (Å²) in [6.07, 6.45) is 1.06. The Labute approximate surface area is 125 Å². The van der Waals surface area contributed by atoms with E-state index in [1.807, 2.05) is 12.1 Å². The van der Waals surface area contributed by atoms with E-state index in [1.165, 1.54) is 5.56 Å². The molecule has 0 aromatic heterocycles. The predicted octanol–water partition coefficient (Wildman–Crippen LogP) is 3.28. The molecule has 0 aliphatic carbocycles. The fourth-order valence-corrected chi connectivity index (χ4v) is 2.81. The van der Waals surface area contributed by atoms with Gasteiger partial charge >= 0.3 is 6.61 Å². The molecule has 1 saturated heterocycles. The van der Waals surface area contributed by atoms with E-state index in [4.69, 9.17) is 0 Å². The van der Waals surface area contributed by atoms with Crippen molar-refractivity contribution in [1.82, 2.24) is 10.2 Å². The van der Waals surface area contributed by atoms with Crippen LogP contribution in [0.2, 0.25) is 0 Å². The molecule has 118 valence electrons. The Hall–Kier alpha value is -1.20. The minimum Gasteiger partial charge on any atom is -0.435 e. The van der Waals surface area contributed by atoms with Crippen LogP contribution in [0.3, 0.4) is 0 Å². The van der Waals surface area contributed by atoms with Gasteiger partial charge in [0.2, 0.25) is 0 Å². The number of hydrogen-bond acceptors (Lipinski definition) is 3. The fourth-order valence-electron chi connectivity index (χ4n) is 2.81. The van der Waals surface area contributed by atoms with Crippen molar-refractivity contribution in [3.8, 4) is 5.75 Å². The van der Waals surface area contributed by atoms with Gasteiger partial charge in [-0.2, -0.15) is 8.78 Å². The van der Waals surface area contributed by atoms with Crippen LogP contribution in [-0.2, 0) is 0 Å². The van der Waals surface area contributed by atoms with Crippen LogP contribution in [-0.4, -0.2) is 37.7 Å². The lowest BCUT2D eigenvalue weighted by Crippen LogP contribution is -2.45. The standard InChI is InChI=1S/C16H24F2N2O/c1-12(2)11-15(20-9-7-19-8-10-20)13-3-5-14(6-4-13)21-16(17)18/h3-6,12,15-16,19H,7-11H2,1-2H3/t15-/m0/s1. The van der Waals surface area contributed by atoms with Crippen molar-refractivity contribution in [3.05, 3.63) is 29.8 Å². The number of hydrogen-bond donors (Lipinski definition) is 1. The first kappa shape index (κ1) is 16.2. The van der Waals surface area contributed by atoms with Crippen LogP contribution < -0.4 is 10.1 Å². The lowest BCUT2D eigenvalue weighted by molar-refractivity contribution is -0.0498. The molecule has 21 heavy (non-hydrogen) atoms. The molecule has 0 spiro atoms. The Morgan fingerprint density at radius 3 is 2.29 bits per heavy atom. The summed E-state index contributed by atoms with van der Waals surface area (Å²) in [4.78, 5) is 2.47. The van der Waals surface area contributed by atoms with Crippen LogP contribution >= 0.6 is 0 Å². The van der Waals surface area contributed by atoms with E-state index in [0.29, 0.717) is 12.0 Å². The second-order valence-electron chi connectivity index (χ2n) is 5.88. The SMILES string of the molecule is CC(C)C[C@@H](c1ccc(OC(F)F)cc1)N1CCNCC1. The monoisotopic (exact) mass is 298 g/mol. The highest BCUT2D eigenvalue weighted by Crippen LogP contribution is 2.29. The average Bonchev–Trinajstić information content (AvgIpc) is 2.46. The maximum atomic E-state index is 12.2. The number of rotatable bonds is 6. The van der Waals surface area contributed by atoms with Gasteiger partial charge < -0.3 is 10.1 Å². The van der Waals surface area contributed by atoms with Crippen LogP contribution in [0.5, 0.6) is 5.75 Å². The Morgan fingerprint density at radius 2 is 1.76 bits per heavy atom. The van der Waals surface area contributed by atoms with Gasteiger partial charge in [-0.3, -0.25) is 4.90 Å². The van der Waals surface area contributed by atoms with Crippen LogP contribution in [0.1, 0.15) is 31.9 Å². The lowest BCUT2D eigenvalue weighted by atomic mass is 9.95. The third-order valence-corrected chi connectivity index (χ3v) is 3.78. The highest BCUT2D eigenvalue weighted by molar-refractivity contribution is 5.29. The Morgan fingerprint density at radius 1 is 1.14 bits per heavy atom. The van der Waals surface area contributed by atoms with Crippen molar-refractivity contribution in [2.24, 2.45) is 5.92 Å². The zero-order chi connectivity index (χ0) is 15.2. The molecular weight excluding hydrogens is 274 g/mol. The van der Waals surface area contributed by atoms with E-state index in [9.17, 15) is 8.78 Å². The number of ether oxygens (including phenoxy) is 1. The summed E-state index contributed by atoms with van der Waals surface area (Å²) in [5.74, 6) is 0.805. The Balaban J connectivity index is 2.11. The van der Waals surface area contributed by atoms with Gasteiger partial charge in [-0.15, -0.1) is 0 Å². The fraction of sp³-hybridized carbons (Fsp3) is 0.625. The number of benzene rings is 1. The molecule has 0 saturated carbocycles. The van der Waals surface area contributed by atoms with E-state index >= 15 is 0 Å². The van der Waals surface area contributed by atoms with Crippen molar-refractivity contribution < 1.29 is 13.5 Å². The van der Waals surface area contributed by atoms with E-state index in [2.05, 4.69) is 28.8 Å². The molecule has 1 fully saturated rings. The summed E-state index contributed by atoms with van der Waals surface area (Å²) in [7, 11) is 0. The first-order chi connectivity index (χ1) is 10.1. The van der Waals surface area contributed by atoms with Crippen molar-refractivity contribution in [3.63, 3.8) is 0 Å². The summed E-state index contributed by atoms with van der Waals surface area (Å²) in [5.41, 5.74) is 1.17. The zero-order valence-electron chi connectivity index (χ0n) is 12.7. The van der Waals surface area contributed by atoms with E-state index in [0.717, 1.165) is 32.6 Å². The Kier molecular flexibility index (Phi) is 5.94. The number of piperazine rings is 1. The molecule has 1 heterocycles. The molecule has 1 aromatic carbocycles. The third-order valence-electron chi connectivity index (χ3n) is 3.78. The first-order valence-corrected chi connectivity index (χ1v) is 7.56. The lowest BCUT2D eigenvalue weighted by Gasteiger charge is -2.36. The highest BCUT2D eigenvalue weighted by Gasteiger charge is 2.23. The number of nitrogens with zero attached hydrogens (tertiary/aromatic N) is 1. The molecule has 1 N–H and O–H groups in total. The smallest absolute Gasteiger partial charge is 0.387 e. The second-order valence-corrected chi connectivity index (χ2v) is 5.88. The first-order valence-electron chi connectivity index (χ1n) is 7.56. The topological polar surface area (TPSA) is 24.5 Å². The number of nitrogens with one attached hydrogen (secondary N) is 1. The third kappa shape index (κ3) is 4.93. The van der Waals surface area contributed by atoms with Crippen LogP contribution in [0.15, 0.2) is 24.3 Å². The van der Waals surface area contributed by atoms with Gasteiger partial charge in [-0.05, 0) is 30.0 Å². The van der Waals surface area contributed by atoms with Gasteiger partial charge in [0, 0.05) is 32.2 Å². The highest BCUT2D eigenvalue weighted by atomic mass is 19.3. The van der Waals surface area contributed by atoms with Crippen LogP contribution in [0.25, 0.3) is 0 Å². The quantitative estimate of drug-likeness (QED) is 0.872. The number of alkyl halides is 2. The molecule has 0 unspecified atom stereocenters. The largest absolute Gasteiger partial charge is 0.435 e. The van der Waals surface area contributed by atoms with E-state index in [1.54, 1.807) is 12.1 Å². The molecule has 0 radical (unpaired) electrons. The molecule has 5 heteroatoms. The zero-order valence-corrected chi connectivity index (χ0v) is 12.7. The molecule has 1 aromatic rings. The average molecular weight is 298 g/mol. The second kappa shape index (κ2) is 7.71. The molecule has 1 aliphatic rings. The van der Waals surface area contributed by atoms with Crippen LogP contribution in [0, 0.1) is 5.92 Å². The predicted molar refractivity (Wildman–Crippen MR) is 79.7 cm³/mol. The van der Waals surface area contributed by atoms with Gasteiger partial charge in [0.1, 0.15) is 5.75 Å². The number of halogens is 2. The summed E-state index contributed by atoms with van der Waals surface area (Å²) in [5, 5.41) is 3.36. The van der Waals surface area contributed by atoms with E-state index < -0.39 is 6.61 Å². The van der Waals surface area contributed by atoms with Crippen molar-refractivity contribution in [2.75, 3.05) is 26.2 Å². The van der Waals surface area contributed by atoms with Gasteiger partial charge in [-0.25, -0.2) is 0 Å². The van der Waals surface area contributed by atoms with Crippen molar-refractivity contribution in [2.45, 2.75) is 32.9 Å². The summed E-state index contributed by atoms with van der Waals surface area (Å²) >= 11 is 0. The molecule has 1 atom stereocenters. The summed E-state index contributed by atoms with van der Waals surface area (Å²) in [6, 6.07) is 7.43. The minimum absolute atomic E-state index is 0.220. The van der Waals surface area contributed by atoms with Gasteiger partial charge in [0.05, 0.1) is 0 Å². The molecule has 3 nitrogen and oxygen atoms in total. The van der Waals surface area contributed by atoms with Gasteiger partial charge in [0.25, 0.3) is 0 Å². The van der Waals surface area contributed by atoms with Crippen molar-refractivity contribution >= 4 is 0 Å². The molecular formula is C16H24F2N2O. The molecule has 0 bridgehead atoms. The maximum Gasteiger partial charge on any atom is 0.387 e. The van der Waals surface area contributed by atoms with Gasteiger partial charge in [-0.1, -0.05) is 26.0 Å². The molecule has 0 amide bonds. The van der Waals surface area contributed by atoms with Gasteiger partial charge in [0.15, 0.2) is 0 Å². The molecule has 2 rings (SSSR count). The van der Waals surface area contributed by atoms with Crippen LogP contribution in [0.4, 0.5) is 8.78 Å². The maximum absolute atomic E-state index is 12.2. The normalized spacial score (nSPS) is 18.2. The summed E-state index contributed by atoms with van der Waals surface area (Å²) < 4.78 is 28.8. The van der Waals surface area contributed by atoms with E-state index in [-0.39, 0.29) is 5.75 Å². The van der Waals surface area contributed by atoms with Crippen molar-refractivity contribution in [1.29, 1.82) is 0 Å². The Bertz CT molecular complexity index is 417.